The van der Waals surface area contributed by atoms with Crippen molar-refractivity contribution in [2.45, 2.75) is 38.0 Å². The van der Waals surface area contributed by atoms with E-state index in [1.54, 1.807) is 12.0 Å². The van der Waals surface area contributed by atoms with E-state index in [-0.39, 0.29) is 5.91 Å². The SMILES string of the molecule is COc1cccc2c1CCN(C(=O)[C@@H]1CC[C@H](C(=O)O)O1)C2. The van der Waals surface area contributed by atoms with Gasteiger partial charge in [-0.3, -0.25) is 4.79 Å². The Morgan fingerprint density at radius 1 is 1.32 bits per heavy atom. The highest BCUT2D eigenvalue weighted by Crippen LogP contribution is 2.29. The number of nitrogens with zero attached hydrogens (tertiary/aromatic N) is 1. The van der Waals surface area contributed by atoms with Crippen LogP contribution in [0, 0.1) is 0 Å². The smallest absolute Gasteiger partial charge is 0.332 e. The average molecular weight is 305 g/mol. The largest absolute Gasteiger partial charge is 0.496 e. The number of carboxylic acids is 1. The molecule has 0 spiro atoms. The van der Waals surface area contributed by atoms with Crippen LogP contribution in [0.4, 0.5) is 0 Å². The topological polar surface area (TPSA) is 76.1 Å². The Bertz CT molecular complexity index is 600. The molecule has 2 heterocycles. The molecule has 22 heavy (non-hydrogen) atoms. The van der Waals surface area contributed by atoms with Crippen LogP contribution in [0.3, 0.4) is 0 Å². The van der Waals surface area contributed by atoms with Gasteiger partial charge >= 0.3 is 5.97 Å². The Hall–Kier alpha value is -2.08. The molecule has 0 unspecified atom stereocenters. The van der Waals surface area contributed by atoms with Crippen LogP contribution in [0.25, 0.3) is 0 Å². The molecule has 3 rings (SSSR count). The van der Waals surface area contributed by atoms with Crippen molar-refractivity contribution < 1.29 is 24.2 Å². The second-order valence-electron chi connectivity index (χ2n) is 5.64. The highest BCUT2D eigenvalue weighted by molar-refractivity contribution is 5.83. The van der Waals surface area contributed by atoms with E-state index in [1.807, 2.05) is 18.2 Å². The van der Waals surface area contributed by atoms with Crippen molar-refractivity contribution in [3.63, 3.8) is 0 Å². The van der Waals surface area contributed by atoms with Gasteiger partial charge in [-0.2, -0.15) is 0 Å². The third kappa shape index (κ3) is 2.66. The van der Waals surface area contributed by atoms with E-state index in [1.165, 1.54) is 0 Å². The zero-order chi connectivity index (χ0) is 15.7. The molecular weight excluding hydrogens is 286 g/mol. The van der Waals surface area contributed by atoms with Gasteiger partial charge in [0.25, 0.3) is 5.91 Å². The van der Waals surface area contributed by atoms with Crippen LogP contribution in [-0.4, -0.2) is 47.7 Å². The number of hydrogen-bond acceptors (Lipinski definition) is 4. The van der Waals surface area contributed by atoms with Crippen LogP contribution in [0.1, 0.15) is 24.0 Å². The highest BCUT2D eigenvalue weighted by atomic mass is 16.5. The summed E-state index contributed by atoms with van der Waals surface area (Å²) in [5.74, 6) is -0.256. The molecule has 1 fully saturated rings. The summed E-state index contributed by atoms with van der Waals surface area (Å²) in [5.41, 5.74) is 2.22. The van der Waals surface area contributed by atoms with Crippen molar-refractivity contribution in [2.75, 3.05) is 13.7 Å². The first-order chi connectivity index (χ1) is 10.6. The number of amides is 1. The van der Waals surface area contributed by atoms with Crippen molar-refractivity contribution >= 4 is 11.9 Å². The lowest BCUT2D eigenvalue weighted by molar-refractivity contribution is -0.155. The maximum Gasteiger partial charge on any atom is 0.332 e. The van der Waals surface area contributed by atoms with Crippen molar-refractivity contribution in [2.24, 2.45) is 0 Å². The maximum atomic E-state index is 12.5. The van der Waals surface area contributed by atoms with Crippen LogP contribution < -0.4 is 4.74 Å². The molecule has 1 amide bonds. The van der Waals surface area contributed by atoms with Gasteiger partial charge in [-0.15, -0.1) is 0 Å². The number of carboxylic acid groups (broad SMARTS) is 1. The lowest BCUT2D eigenvalue weighted by Gasteiger charge is -2.31. The minimum absolute atomic E-state index is 0.114. The van der Waals surface area contributed by atoms with Crippen LogP contribution >= 0.6 is 0 Å². The van der Waals surface area contributed by atoms with Crippen LogP contribution in [0.15, 0.2) is 18.2 Å². The second-order valence-corrected chi connectivity index (χ2v) is 5.64. The minimum atomic E-state index is -0.996. The zero-order valence-corrected chi connectivity index (χ0v) is 12.4. The number of ether oxygens (including phenoxy) is 2. The fourth-order valence-electron chi connectivity index (χ4n) is 3.16. The molecular formula is C16H19NO5. The lowest BCUT2D eigenvalue weighted by Crippen LogP contribution is -2.42. The molecule has 0 radical (unpaired) electrons. The van der Waals surface area contributed by atoms with E-state index in [2.05, 4.69) is 0 Å². The van der Waals surface area contributed by atoms with Gasteiger partial charge in [0, 0.05) is 18.7 Å². The quantitative estimate of drug-likeness (QED) is 0.908. The Labute approximate surface area is 128 Å². The van der Waals surface area contributed by atoms with E-state index >= 15 is 0 Å². The molecule has 2 aliphatic heterocycles. The third-order valence-corrected chi connectivity index (χ3v) is 4.33. The standard InChI is InChI=1S/C16H19NO5/c1-21-12-4-2-3-10-9-17(8-7-11(10)12)15(18)13-5-6-14(22-13)16(19)20/h2-4,13-14H,5-9H2,1H3,(H,19,20)/t13-,14+/m0/s1. The van der Waals surface area contributed by atoms with E-state index in [9.17, 15) is 9.59 Å². The van der Waals surface area contributed by atoms with Gasteiger partial charge in [0.2, 0.25) is 0 Å². The Morgan fingerprint density at radius 3 is 2.77 bits per heavy atom. The van der Waals surface area contributed by atoms with Gasteiger partial charge < -0.3 is 19.5 Å². The highest BCUT2D eigenvalue weighted by Gasteiger charge is 2.37. The third-order valence-electron chi connectivity index (χ3n) is 4.33. The summed E-state index contributed by atoms with van der Waals surface area (Å²) in [7, 11) is 1.64. The number of fused-ring (bicyclic) bond motifs is 1. The van der Waals surface area contributed by atoms with Gasteiger partial charge in [-0.25, -0.2) is 4.79 Å². The van der Waals surface area contributed by atoms with Crippen molar-refractivity contribution in [3.05, 3.63) is 29.3 Å². The molecule has 1 saturated heterocycles. The number of aliphatic carboxylic acids is 1. The predicted octanol–water partition coefficient (Wildman–Crippen LogP) is 1.21. The fourth-order valence-corrected chi connectivity index (χ4v) is 3.16. The molecule has 1 aromatic carbocycles. The molecule has 0 bridgehead atoms. The predicted molar refractivity (Wildman–Crippen MR) is 77.6 cm³/mol. The number of carbonyl (C=O) groups excluding carboxylic acids is 1. The van der Waals surface area contributed by atoms with Gasteiger partial charge in [0.15, 0.2) is 6.10 Å². The molecule has 2 aliphatic rings. The molecule has 0 aromatic heterocycles. The van der Waals surface area contributed by atoms with Crippen LogP contribution in [0.2, 0.25) is 0 Å². The molecule has 1 N–H and O–H groups in total. The van der Waals surface area contributed by atoms with Crippen molar-refractivity contribution in [1.82, 2.24) is 4.90 Å². The van der Waals surface area contributed by atoms with E-state index in [0.717, 1.165) is 23.3 Å². The van der Waals surface area contributed by atoms with Gasteiger partial charge in [0.05, 0.1) is 7.11 Å². The Kier molecular flexibility index (Phi) is 4.02. The Balaban J connectivity index is 1.70. The van der Waals surface area contributed by atoms with Gasteiger partial charge in [-0.05, 0) is 30.9 Å². The van der Waals surface area contributed by atoms with Gasteiger partial charge in [-0.1, -0.05) is 12.1 Å². The van der Waals surface area contributed by atoms with E-state index in [4.69, 9.17) is 14.6 Å². The summed E-state index contributed by atoms with van der Waals surface area (Å²) in [6.45, 7) is 1.12. The van der Waals surface area contributed by atoms with Gasteiger partial charge in [0.1, 0.15) is 11.9 Å². The summed E-state index contributed by atoms with van der Waals surface area (Å²) in [4.78, 5) is 25.2. The first-order valence-corrected chi connectivity index (χ1v) is 7.42. The number of hydrogen-bond donors (Lipinski definition) is 1. The molecule has 2 atom stereocenters. The molecule has 0 aliphatic carbocycles. The van der Waals surface area contributed by atoms with E-state index in [0.29, 0.717) is 25.9 Å². The lowest BCUT2D eigenvalue weighted by atomic mass is 9.98. The number of benzene rings is 1. The molecule has 0 saturated carbocycles. The first-order valence-electron chi connectivity index (χ1n) is 7.42. The number of methoxy groups -OCH3 is 1. The van der Waals surface area contributed by atoms with Crippen LogP contribution in [0.5, 0.6) is 5.75 Å². The molecule has 6 nitrogen and oxygen atoms in total. The second kappa shape index (κ2) is 5.96. The normalized spacial score (nSPS) is 24.0. The number of carbonyl (C=O) groups is 2. The van der Waals surface area contributed by atoms with Crippen molar-refractivity contribution in [3.8, 4) is 5.75 Å². The monoisotopic (exact) mass is 305 g/mol. The average Bonchev–Trinajstić information content (AvgIpc) is 3.03. The maximum absolute atomic E-state index is 12.5. The fraction of sp³-hybridized carbons (Fsp3) is 0.500. The molecule has 118 valence electrons. The Morgan fingerprint density at radius 2 is 2.09 bits per heavy atom. The van der Waals surface area contributed by atoms with Crippen molar-refractivity contribution in [1.29, 1.82) is 0 Å². The van der Waals surface area contributed by atoms with E-state index < -0.39 is 18.2 Å². The molecule has 1 aromatic rings. The molecule has 6 heteroatoms. The first kappa shape index (κ1) is 14.8. The van der Waals surface area contributed by atoms with Crippen LogP contribution in [-0.2, 0) is 27.3 Å². The summed E-state index contributed by atoms with van der Waals surface area (Å²) < 4.78 is 10.7. The summed E-state index contributed by atoms with van der Waals surface area (Å²) >= 11 is 0. The number of rotatable bonds is 3. The summed E-state index contributed by atoms with van der Waals surface area (Å²) in [5, 5.41) is 8.95. The summed E-state index contributed by atoms with van der Waals surface area (Å²) in [6.07, 6.45) is 0.112. The zero-order valence-electron chi connectivity index (χ0n) is 12.4. The minimum Gasteiger partial charge on any atom is -0.496 e. The summed E-state index contributed by atoms with van der Waals surface area (Å²) in [6, 6.07) is 5.83.